The third kappa shape index (κ3) is 2.46. The van der Waals surface area contributed by atoms with Gasteiger partial charge in [-0.25, -0.2) is 4.98 Å². The van der Waals surface area contributed by atoms with Gasteiger partial charge in [-0.3, -0.25) is 10.1 Å². The van der Waals surface area contributed by atoms with E-state index in [2.05, 4.69) is 11.1 Å². The molecule has 3 rings (SSSR count). The summed E-state index contributed by atoms with van der Waals surface area (Å²) in [4.78, 5) is 14.5. The highest BCUT2D eigenvalue weighted by atomic mass is 32.1. The molecule has 0 N–H and O–H groups in total. The molecule has 0 fully saturated rings. The van der Waals surface area contributed by atoms with E-state index in [9.17, 15) is 10.1 Å². The normalized spacial score (nSPS) is 10.7. The molecule has 100 valence electrons. The van der Waals surface area contributed by atoms with Crippen molar-refractivity contribution in [1.29, 1.82) is 0 Å². The summed E-state index contributed by atoms with van der Waals surface area (Å²) in [6.45, 7) is 2.02. The van der Waals surface area contributed by atoms with Crippen molar-refractivity contribution in [3.63, 3.8) is 0 Å². The number of hydrogen-bond donors (Lipinski definition) is 0. The Hall–Kier alpha value is -2.47. The van der Waals surface area contributed by atoms with Crippen molar-refractivity contribution in [2.24, 2.45) is 0 Å². The molecule has 0 atom stereocenters. The maximum Gasteiger partial charge on any atom is 0.279 e. The van der Waals surface area contributed by atoms with E-state index in [4.69, 9.17) is 4.74 Å². The number of aryl methyl sites for hydroxylation is 1. The minimum atomic E-state index is -0.440. The average molecular weight is 286 g/mol. The van der Waals surface area contributed by atoms with Crippen molar-refractivity contribution in [3.05, 3.63) is 58.1 Å². The highest BCUT2D eigenvalue weighted by molar-refractivity contribution is 7.20. The number of fused-ring (bicyclic) bond motifs is 1. The largest absolute Gasteiger partial charge is 0.431 e. The summed E-state index contributed by atoms with van der Waals surface area (Å²) in [6, 6.07) is 11.9. The van der Waals surface area contributed by atoms with Crippen LogP contribution in [0.4, 0.5) is 5.69 Å². The second kappa shape index (κ2) is 4.90. The van der Waals surface area contributed by atoms with E-state index in [1.807, 2.05) is 19.1 Å². The monoisotopic (exact) mass is 286 g/mol. The molecule has 0 unspecified atom stereocenters. The Morgan fingerprint density at radius 1 is 1.20 bits per heavy atom. The third-order valence-electron chi connectivity index (χ3n) is 2.78. The van der Waals surface area contributed by atoms with Crippen molar-refractivity contribution in [2.75, 3.05) is 0 Å². The summed E-state index contributed by atoms with van der Waals surface area (Å²) in [7, 11) is 0. The van der Waals surface area contributed by atoms with Crippen LogP contribution in [0.15, 0.2) is 42.5 Å². The molecule has 1 heterocycles. The van der Waals surface area contributed by atoms with Crippen molar-refractivity contribution < 1.29 is 9.66 Å². The first-order chi connectivity index (χ1) is 9.61. The summed E-state index contributed by atoms with van der Waals surface area (Å²) < 4.78 is 6.68. The van der Waals surface area contributed by atoms with Gasteiger partial charge in [-0.2, -0.15) is 0 Å². The zero-order valence-electron chi connectivity index (χ0n) is 10.6. The molecule has 20 heavy (non-hydrogen) atoms. The first kappa shape index (κ1) is 12.6. The quantitative estimate of drug-likeness (QED) is 0.531. The van der Waals surface area contributed by atoms with Gasteiger partial charge < -0.3 is 4.74 Å². The third-order valence-corrected chi connectivity index (χ3v) is 3.67. The summed E-state index contributed by atoms with van der Waals surface area (Å²) in [5, 5.41) is 11.1. The lowest BCUT2D eigenvalue weighted by Gasteiger charge is -1.99. The Labute approximate surface area is 118 Å². The second-order valence-corrected chi connectivity index (χ2v) is 5.30. The van der Waals surface area contributed by atoms with Crippen LogP contribution in [-0.4, -0.2) is 9.91 Å². The molecule has 0 aliphatic heterocycles. The van der Waals surface area contributed by atoms with E-state index in [1.165, 1.54) is 29.0 Å². The second-order valence-electron chi connectivity index (χ2n) is 4.30. The fourth-order valence-corrected chi connectivity index (χ4v) is 2.72. The van der Waals surface area contributed by atoms with Gasteiger partial charge in [0.15, 0.2) is 0 Å². The number of ether oxygens (including phenoxy) is 1. The molecule has 0 bridgehead atoms. The van der Waals surface area contributed by atoms with Crippen LogP contribution in [0.25, 0.3) is 10.2 Å². The lowest BCUT2D eigenvalue weighted by atomic mass is 10.2. The molecule has 0 spiro atoms. The first-order valence-electron chi connectivity index (χ1n) is 5.91. The molecule has 0 radical (unpaired) electrons. The number of thiazole rings is 1. The van der Waals surface area contributed by atoms with Crippen molar-refractivity contribution in [2.45, 2.75) is 6.92 Å². The number of benzene rings is 2. The van der Waals surface area contributed by atoms with Crippen molar-refractivity contribution >= 4 is 27.2 Å². The summed E-state index contributed by atoms with van der Waals surface area (Å²) in [5.74, 6) is 0.534. The molecule has 0 saturated heterocycles. The lowest BCUT2D eigenvalue weighted by molar-refractivity contribution is -0.384. The minimum absolute atomic E-state index is 0.0391. The highest BCUT2D eigenvalue weighted by Gasteiger charge is 2.08. The number of rotatable bonds is 3. The number of hydrogen-bond acceptors (Lipinski definition) is 5. The van der Waals surface area contributed by atoms with E-state index in [-0.39, 0.29) is 5.69 Å². The molecule has 2 aromatic carbocycles. The van der Waals surface area contributed by atoms with Gasteiger partial charge in [-0.15, -0.1) is 0 Å². The molecular weight excluding hydrogens is 276 g/mol. The predicted octanol–water partition coefficient (Wildman–Crippen LogP) is 4.31. The van der Waals surface area contributed by atoms with Crippen LogP contribution in [0.5, 0.6) is 10.9 Å². The molecule has 0 saturated carbocycles. The van der Waals surface area contributed by atoms with E-state index >= 15 is 0 Å². The van der Waals surface area contributed by atoms with Crippen LogP contribution in [-0.2, 0) is 0 Å². The standard InChI is InChI=1S/C14H10N2O3S/c1-9-2-7-12-13(8-9)20-14(15-12)19-11-5-3-10(4-6-11)16(17)18/h2-8H,1H3. The van der Waals surface area contributed by atoms with E-state index in [0.717, 1.165) is 10.2 Å². The van der Waals surface area contributed by atoms with Crippen LogP contribution in [0.3, 0.4) is 0 Å². The molecule has 6 heteroatoms. The lowest BCUT2D eigenvalue weighted by Crippen LogP contribution is -1.88. The average Bonchev–Trinajstić information content (AvgIpc) is 2.80. The van der Waals surface area contributed by atoms with E-state index in [1.54, 1.807) is 12.1 Å². The van der Waals surface area contributed by atoms with Gasteiger partial charge in [0.2, 0.25) is 0 Å². The van der Waals surface area contributed by atoms with Crippen LogP contribution in [0, 0.1) is 17.0 Å². The zero-order valence-corrected chi connectivity index (χ0v) is 11.4. The van der Waals surface area contributed by atoms with Crippen LogP contribution >= 0.6 is 11.3 Å². The Kier molecular flexibility index (Phi) is 3.08. The highest BCUT2D eigenvalue weighted by Crippen LogP contribution is 2.32. The van der Waals surface area contributed by atoms with Gasteiger partial charge in [-0.1, -0.05) is 17.4 Å². The maximum absolute atomic E-state index is 10.6. The number of non-ortho nitro benzene ring substituents is 1. The van der Waals surface area contributed by atoms with E-state index < -0.39 is 4.92 Å². The van der Waals surface area contributed by atoms with Crippen LogP contribution < -0.4 is 4.74 Å². The fraction of sp³-hybridized carbons (Fsp3) is 0.0714. The van der Waals surface area contributed by atoms with Gasteiger partial charge in [-0.05, 0) is 36.8 Å². The first-order valence-corrected chi connectivity index (χ1v) is 6.73. The number of nitrogens with zero attached hydrogens (tertiary/aromatic N) is 2. The predicted molar refractivity (Wildman–Crippen MR) is 77.5 cm³/mol. The van der Waals surface area contributed by atoms with Gasteiger partial charge in [0, 0.05) is 12.1 Å². The molecule has 3 aromatic rings. The zero-order chi connectivity index (χ0) is 14.1. The van der Waals surface area contributed by atoms with Crippen molar-refractivity contribution in [3.8, 4) is 10.9 Å². The maximum atomic E-state index is 10.6. The van der Waals surface area contributed by atoms with Crippen LogP contribution in [0.1, 0.15) is 5.56 Å². The molecule has 0 aliphatic rings. The number of nitro benzene ring substituents is 1. The van der Waals surface area contributed by atoms with Gasteiger partial charge in [0.25, 0.3) is 10.9 Å². The Morgan fingerprint density at radius 3 is 2.65 bits per heavy atom. The summed E-state index contributed by atoms with van der Waals surface area (Å²) in [5.41, 5.74) is 2.10. The Bertz CT molecular complexity index is 781. The Balaban J connectivity index is 1.87. The number of aromatic nitrogens is 1. The number of nitro groups is 1. The van der Waals surface area contributed by atoms with Gasteiger partial charge in [0.05, 0.1) is 15.1 Å². The smallest absolute Gasteiger partial charge is 0.279 e. The molecule has 5 nitrogen and oxygen atoms in total. The minimum Gasteiger partial charge on any atom is -0.431 e. The van der Waals surface area contributed by atoms with Crippen molar-refractivity contribution in [1.82, 2.24) is 4.98 Å². The SMILES string of the molecule is Cc1ccc2nc(Oc3ccc([N+](=O)[O-])cc3)sc2c1. The molecule has 0 aliphatic carbocycles. The van der Waals surface area contributed by atoms with E-state index in [0.29, 0.717) is 10.9 Å². The van der Waals surface area contributed by atoms with Gasteiger partial charge in [0.1, 0.15) is 5.75 Å². The Morgan fingerprint density at radius 2 is 1.95 bits per heavy atom. The molecule has 1 aromatic heterocycles. The molecule has 0 amide bonds. The summed E-state index contributed by atoms with van der Waals surface area (Å²) >= 11 is 1.45. The topological polar surface area (TPSA) is 65.3 Å². The van der Waals surface area contributed by atoms with Gasteiger partial charge >= 0.3 is 0 Å². The molecular formula is C14H10N2O3S. The summed E-state index contributed by atoms with van der Waals surface area (Å²) in [6.07, 6.45) is 0. The van der Waals surface area contributed by atoms with Crippen LogP contribution in [0.2, 0.25) is 0 Å². The fourth-order valence-electron chi connectivity index (χ4n) is 1.79.